The van der Waals surface area contributed by atoms with Gasteiger partial charge in [0.25, 0.3) is 5.91 Å². The molecule has 2 fully saturated rings. The maximum absolute atomic E-state index is 13.8. The maximum Gasteiger partial charge on any atom is 0.251 e. The van der Waals surface area contributed by atoms with E-state index in [4.69, 9.17) is 4.74 Å². The van der Waals surface area contributed by atoms with Gasteiger partial charge in [-0.3, -0.25) is 14.5 Å². The number of carbonyl (C=O) groups excluding carboxylic acids is 2. The highest BCUT2D eigenvalue weighted by Crippen LogP contribution is 2.30. The van der Waals surface area contributed by atoms with Crippen LogP contribution < -0.4 is 10.1 Å². The third-order valence-corrected chi connectivity index (χ3v) is 7.66. The fourth-order valence-electron chi connectivity index (χ4n) is 5.40. The number of ketones is 1. The van der Waals surface area contributed by atoms with Gasteiger partial charge >= 0.3 is 0 Å². The zero-order valence-electron chi connectivity index (χ0n) is 23.6. The van der Waals surface area contributed by atoms with Crippen molar-refractivity contribution in [2.45, 2.75) is 38.1 Å². The molecule has 2 aliphatic rings. The second-order valence-corrected chi connectivity index (χ2v) is 10.9. The fourth-order valence-corrected chi connectivity index (χ4v) is 5.40. The molecule has 3 aromatic carbocycles. The van der Waals surface area contributed by atoms with Gasteiger partial charge in [-0.1, -0.05) is 18.6 Å². The first-order valence-corrected chi connectivity index (χ1v) is 14.4. The first-order valence-electron chi connectivity index (χ1n) is 14.4. The molecule has 9 heteroatoms. The Hall–Kier alpha value is -4.24. The summed E-state index contributed by atoms with van der Waals surface area (Å²) in [7, 11) is 0. The topological polar surface area (TPSA) is 58.6 Å². The number of piperidine rings is 1. The van der Waals surface area contributed by atoms with Crippen molar-refractivity contribution in [3.05, 3.63) is 112 Å². The lowest BCUT2D eigenvalue weighted by molar-refractivity contribution is -0.113. The second kappa shape index (κ2) is 13.8. The Kier molecular flexibility index (Phi) is 9.72. The number of nitrogens with zero attached hydrogens (tertiary/aromatic N) is 1. The zero-order valence-corrected chi connectivity index (χ0v) is 23.6. The molecule has 5 rings (SSSR count). The molecule has 0 aromatic heterocycles. The molecule has 0 atom stereocenters. The van der Waals surface area contributed by atoms with Gasteiger partial charge in [0.05, 0.1) is 0 Å². The van der Waals surface area contributed by atoms with Crippen LogP contribution in [0.3, 0.4) is 0 Å². The SMILES string of the molecule is O=C1/C(=C/c2ccc(F)c(F)c2)CC(NC(=O)c2ccc(OCCN3CCCCC3)cc2)C/C1=C\c1ccc(F)c(F)c1. The summed E-state index contributed by atoms with van der Waals surface area (Å²) in [5, 5.41) is 2.95. The van der Waals surface area contributed by atoms with Crippen LogP contribution in [0.25, 0.3) is 12.2 Å². The molecule has 0 unspecified atom stereocenters. The largest absolute Gasteiger partial charge is 0.492 e. The van der Waals surface area contributed by atoms with Gasteiger partial charge in [-0.2, -0.15) is 0 Å². The Morgan fingerprint density at radius 1 is 0.791 bits per heavy atom. The smallest absolute Gasteiger partial charge is 0.251 e. The highest BCUT2D eigenvalue weighted by atomic mass is 19.2. The van der Waals surface area contributed by atoms with Gasteiger partial charge in [0, 0.05) is 29.3 Å². The predicted octanol–water partition coefficient (Wildman–Crippen LogP) is 6.74. The van der Waals surface area contributed by atoms with Crippen molar-refractivity contribution >= 4 is 23.8 Å². The molecule has 0 bridgehead atoms. The summed E-state index contributed by atoms with van der Waals surface area (Å²) in [6, 6.07) is 12.8. The van der Waals surface area contributed by atoms with Gasteiger partial charge in [0.2, 0.25) is 0 Å². The number of nitrogens with one attached hydrogen (secondary N) is 1. The van der Waals surface area contributed by atoms with E-state index in [0.29, 0.717) is 17.9 Å². The molecule has 0 spiro atoms. The van der Waals surface area contributed by atoms with Crippen LogP contribution in [-0.2, 0) is 4.79 Å². The van der Waals surface area contributed by atoms with E-state index in [1.165, 1.54) is 43.5 Å². The van der Waals surface area contributed by atoms with E-state index >= 15 is 0 Å². The van der Waals surface area contributed by atoms with Crippen molar-refractivity contribution in [1.82, 2.24) is 10.2 Å². The van der Waals surface area contributed by atoms with Crippen LogP contribution in [0.15, 0.2) is 71.8 Å². The minimum absolute atomic E-state index is 0.135. The molecule has 43 heavy (non-hydrogen) atoms. The number of benzene rings is 3. The van der Waals surface area contributed by atoms with Crippen LogP contribution in [0.5, 0.6) is 5.75 Å². The molecule has 1 saturated heterocycles. The summed E-state index contributed by atoms with van der Waals surface area (Å²) in [4.78, 5) is 28.9. The summed E-state index contributed by atoms with van der Waals surface area (Å²) in [6.07, 6.45) is 6.85. The van der Waals surface area contributed by atoms with E-state index in [0.717, 1.165) is 43.9 Å². The first kappa shape index (κ1) is 30.2. The number of likely N-dealkylation sites (tertiary alicyclic amines) is 1. The predicted molar refractivity (Wildman–Crippen MR) is 156 cm³/mol. The lowest BCUT2D eigenvalue weighted by Gasteiger charge is -2.27. The van der Waals surface area contributed by atoms with E-state index in [2.05, 4.69) is 10.2 Å². The van der Waals surface area contributed by atoms with Crippen LogP contribution in [0.2, 0.25) is 0 Å². The van der Waals surface area contributed by atoms with Crippen LogP contribution in [-0.4, -0.2) is 48.9 Å². The third kappa shape index (κ3) is 7.99. The summed E-state index contributed by atoms with van der Waals surface area (Å²) in [5.41, 5.74) is 1.47. The summed E-state index contributed by atoms with van der Waals surface area (Å²) >= 11 is 0. The average molecular weight is 593 g/mol. The number of rotatable bonds is 8. The fraction of sp³-hybridized carbons (Fsp3) is 0.294. The summed E-state index contributed by atoms with van der Waals surface area (Å²) < 4.78 is 60.5. The van der Waals surface area contributed by atoms with Crippen molar-refractivity contribution in [2.75, 3.05) is 26.2 Å². The quantitative estimate of drug-likeness (QED) is 0.233. The van der Waals surface area contributed by atoms with Crippen LogP contribution >= 0.6 is 0 Å². The van der Waals surface area contributed by atoms with Crippen molar-refractivity contribution < 1.29 is 31.9 Å². The molecule has 1 N–H and O–H groups in total. The molecule has 1 saturated carbocycles. The molecule has 3 aromatic rings. The first-order chi connectivity index (χ1) is 20.7. The maximum atomic E-state index is 13.8. The Bertz CT molecular complexity index is 1470. The normalized spacial score (nSPS) is 19.5. The van der Waals surface area contributed by atoms with E-state index in [9.17, 15) is 27.2 Å². The lowest BCUT2D eigenvalue weighted by atomic mass is 9.83. The second-order valence-electron chi connectivity index (χ2n) is 10.9. The number of carbonyl (C=O) groups is 2. The van der Waals surface area contributed by atoms with Crippen molar-refractivity contribution in [3.8, 4) is 5.75 Å². The van der Waals surface area contributed by atoms with Crippen LogP contribution in [0.1, 0.15) is 53.6 Å². The Balaban J connectivity index is 1.30. The zero-order chi connectivity index (χ0) is 30.3. The van der Waals surface area contributed by atoms with Gasteiger partial charge in [-0.25, -0.2) is 17.6 Å². The third-order valence-electron chi connectivity index (χ3n) is 7.66. The van der Waals surface area contributed by atoms with E-state index < -0.39 is 29.3 Å². The Morgan fingerprint density at radius 3 is 1.88 bits per heavy atom. The highest BCUT2D eigenvalue weighted by Gasteiger charge is 2.29. The molecular formula is C34H32F4N2O3. The van der Waals surface area contributed by atoms with Gasteiger partial charge in [0.15, 0.2) is 29.1 Å². The standard InChI is InChI=1S/C34H32F4N2O3/c35-29-10-4-22(18-31(29)37)16-25-20-27(21-26(33(25)41)17-23-5-11-30(36)32(38)19-23)39-34(42)24-6-8-28(9-7-24)43-15-14-40-12-2-1-3-13-40/h4-11,16-19,27H,1-3,12-15,20-21H2,(H,39,42)/b25-16+,26-17+. The van der Waals surface area contributed by atoms with Gasteiger partial charge < -0.3 is 10.1 Å². The number of ether oxygens (including phenoxy) is 1. The number of Topliss-reactive ketones (excluding diaryl/α,β-unsaturated/α-hetero) is 1. The molecular weight excluding hydrogens is 560 g/mol. The highest BCUT2D eigenvalue weighted by molar-refractivity contribution is 6.14. The number of halogens is 4. The molecule has 5 nitrogen and oxygen atoms in total. The molecule has 1 aliphatic carbocycles. The number of hydrogen-bond donors (Lipinski definition) is 1. The number of hydrogen-bond acceptors (Lipinski definition) is 4. The lowest BCUT2D eigenvalue weighted by Crippen LogP contribution is -2.39. The van der Waals surface area contributed by atoms with Crippen LogP contribution in [0, 0.1) is 23.3 Å². The van der Waals surface area contributed by atoms with Crippen molar-refractivity contribution in [2.24, 2.45) is 0 Å². The van der Waals surface area contributed by atoms with Gasteiger partial charge in [-0.15, -0.1) is 0 Å². The van der Waals surface area contributed by atoms with E-state index in [1.807, 2.05) is 0 Å². The monoisotopic (exact) mass is 592 g/mol. The Morgan fingerprint density at radius 2 is 1.35 bits per heavy atom. The van der Waals surface area contributed by atoms with Crippen LogP contribution in [0.4, 0.5) is 17.6 Å². The molecule has 224 valence electrons. The summed E-state index contributed by atoms with van der Waals surface area (Å²) in [6.45, 7) is 3.58. The minimum Gasteiger partial charge on any atom is -0.492 e. The van der Waals surface area contributed by atoms with E-state index in [1.54, 1.807) is 24.3 Å². The molecule has 0 radical (unpaired) electrons. The van der Waals surface area contributed by atoms with E-state index in [-0.39, 0.29) is 46.8 Å². The van der Waals surface area contributed by atoms with Gasteiger partial charge in [0.1, 0.15) is 12.4 Å². The average Bonchev–Trinajstić information content (AvgIpc) is 3.00. The van der Waals surface area contributed by atoms with Crippen molar-refractivity contribution in [3.63, 3.8) is 0 Å². The minimum atomic E-state index is -1.06. The molecule has 1 heterocycles. The molecule has 1 aliphatic heterocycles. The Labute approximate surface area is 247 Å². The number of amides is 1. The summed E-state index contributed by atoms with van der Waals surface area (Å²) in [5.74, 6) is -4.23. The van der Waals surface area contributed by atoms with Gasteiger partial charge in [-0.05, 0) is 111 Å². The van der Waals surface area contributed by atoms with Crippen molar-refractivity contribution in [1.29, 1.82) is 0 Å². The molecule has 1 amide bonds.